The average molecular weight is 359 g/mol. The highest BCUT2D eigenvalue weighted by molar-refractivity contribution is 6.30. The van der Waals surface area contributed by atoms with E-state index in [1.807, 2.05) is 0 Å². The van der Waals surface area contributed by atoms with Gasteiger partial charge < -0.3 is 5.11 Å². The van der Waals surface area contributed by atoms with Crippen LogP contribution in [-0.4, -0.2) is 10.7 Å². The molecule has 2 heteroatoms. The number of hydrogen-bond donors (Lipinski definition) is 1. The summed E-state index contributed by atoms with van der Waals surface area (Å²) in [5.41, 5.74) is 2.45. The second-order valence-corrected chi connectivity index (χ2v) is 9.73. The fourth-order valence-electron chi connectivity index (χ4n) is 7.30. The quantitative estimate of drug-likeness (QED) is 0.472. The molecule has 25 heavy (non-hydrogen) atoms. The SMILES string of the molecule is C=C(C)[C@H]1CC[C@H]2[C@@H]3CC=C4C[C@@](O)(C#CCl)CC[C@@H]4[C@H]3CC[C@]12C. The van der Waals surface area contributed by atoms with Gasteiger partial charge in [-0.05, 0) is 98.5 Å². The van der Waals surface area contributed by atoms with Crippen molar-refractivity contribution in [3.63, 3.8) is 0 Å². The summed E-state index contributed by atoms with van der Waals surface area (Å²) in [6.45, 7) is 9.10. The molecule has 1 nitrogen and oxygen atoms in total. The van der Waals surface area contributed by atoms with Gasteiger partial charge in [0.25, 0.3) is 0 Å². The van der Waals surface area contributed by atoms with Crippen molar-refractivity contribution in [2.45, 2.75) is 70.8 Å². The van der Waals surface area contributed by atoms with E-state index < -0.39 is 5.60 Å². The van der Waals surface area contributed by atoms with Crippen LogP contribution < -0.4 is 0 Å². The van der Waals surface area contributed by atoms with Gasteiger partial charge in [-0.2, -0.15) is 0 Å². The molecule has 0 aliphatic heterocycles. The van der Waals surface area contributed by atoms with Crippen molar-refractivity contribution >= 4 is 11.6 Å². The number of allylic oxidation sites excluding steroid dienone is 2. The molecule has 0 aromatic carbocycles. The monoisotopic (exact) mass is 358 g/mol. The van der Waals surface area contributed by atoms with E-state index in [9.17, 15) is 5.11 Å². The van der Waals surface area contributed by atoms with Crippen molar-refractivity contribution in [1.29, 1.82) is 0 Å². The van der Waals surface area contributed by atoms with Gasteiger partial charge in [-0.15, -0.1) is 0 Å². The topological polar surface area (TPSA) is 20.2 Å². The third-order valence-electron chi connectivity index (χ3n) is 8.38. The Kier molecular flexibility index (Phi) is 4.37. The van der Waals surface area contributed by atoms with Crippen molar-refractivity contribution in [3.8, 4) is 11.3 Å². The fourth-order valence-corrected chi connectivity index (χ4v) is 7.47. The molecular weight excluding hydrogens is 328 g/mol. The summed E-state index contributed by atoms with van der Waals surface area (Å²) < 4.78 is 0. The van der Waals surface area contributed by atoms with E-state index in [0.29, 0.717) is 17.8 Å². The van der Waals surface area contributed by atoms with Crippen LogP contribution in [0.4, 0.5) is 0 Å². The molecule has 0 radical (unpaired) electrons. The molecule has 0 spiro atoms. The predicted octanol–water partition coefficient (Wildman–Crippen LogP) is 5.68. The van der Waals surface area contributed by atoms with Crippen LogP contribution in [0.25, 0.3) is 0 Å². The Hall–Kier alpha value is -0.710. The van der Waals surface area contributed by atoms with Crippen molar-refractivity contribution in [1.82, 2.24) is 0 Å². The van der Waals surface area contributed by atoms with Gasteiger partial charge in [0.05, 0.1) is 0 Å². The van der Waals surface area contributed by atoms with E-state index in [-0.39, 0.29) is 0 Å². The molecule has 4 aliphatic carbocycles. The molecule has 0 bridgehead atoms. The van der Waals surface area contributed by atoms with Gasteiger partial charge in [0.1, 0.15) is 5.60 Å². The summed E-state index contributed by atoms with van der Waals surface area (Å²) >= 11 is 5.58. The molecule has 136 valence electrons. The molecule has 0 amide bonds. The lowest BCUT2D eigenvalue weighted by Gasteiger charge is -2.54. The highest BCUT2D eigenvalue weighted by Crippen LogP contribution is 2.64. The van der Waals surface area contributed by atoms with Gasteiger partial charge >= 0.3 is 0 Å². The number of aliphatic hydroxyl groups is 1. The van der Waals surface area contributed by atoms with E-state index >= 15 is 0 Å². The molecule has 0 aromatic heterocycles. The molecule has 4 rings (SSSR count). The Morgan fingerprint density at radius 3 is 2.76 bits per heavy atom. The van der Waals surface area contributed by atoms with Crippen molar-refractivity contribution in [3.05, 3.63) is 23.8 Å². The summed E-state index contributed by atoms with van der Waals surface area (Å²) in [4.78, 5) is 0. The van der Waals surface area contributed by atoms with Gasteiger partial charge in [0, 0.05) is 11.8 Å². The maximum absolute atomic E-state index is 10.7. The molecule has 4 aliphatic rings. The molecule has 0 saturated heterocycles. The molecule has 3 fully saturated rings. The van der Waals surface area contributed by atoms with Crippen LogP contribution in [0.3, 0.4) is 0 Å². The molecule has 3 saturated carbocycles. The first kappa shape index (κ1) is 17.7. The second-order valence-electron chi connectivity index (χ2n) is 9.54. The van der Waals surface area contributed by atoms with E-state index in [1.54, 1.807) is 0 Å². The zero-order valence-electron chi connectivity index (χ0n) is 15.7. The normalized spacial score (nSPS) is 48.3. The lowest BCUT2D eigenvalue weighted by atomic mass is 9.51. The average Bonchev–Trinajstić information content (AvgIpc) is 2.91. The highest BCUT2D eigenvalue weighted by atomic mass is 35.5. The van der Waals surface area contributed by atoms with Crippen molar-refractivity contribution < 1.29 is 5.11 Å². The third kappa shape index (κ3) is 2.72. The molecule has 0 unspecified atom stereocenters. The van der Waals surface area contributed by atoms with E-state index in [2.05, 4.69) is 37.8 Å². The maximum atomic E-state index is 10.7. The smallest absolute Gasteiger partial charge is 0.130 e. The summed E-state index contributed by atoms with van der Waals surface area (Å²) in [6, 6.07) is 0. The summed E-state index contributed by atoms with van der Waals surface area (Å²) in [6.07, 6.45) is 11.6. The Labute approximate surface area is 157 Å². The zero-order chi connectivity index (χ0) is 17.8. The number of fused-ring (bicyclic) bond motifs is 5. The van der Waals surface area contributed by atoms with Gasteiger partial charge in [0.2, 0.25) is 0 Å². The van der Waals surface area contributed by atoms with Crippen molar-refractivity contribution in [2.75, 3.05) is 0 Å². The third-order valence-corrected chi connectivity index (χ3v) is 8.47. The molecule has 0 aromatic rings. The minimum Gasteiger partial charge on any atom is -0.377 e. The van der Waals surface area contributed by atoms with E-state index in [1.165, 1.54) is 43.3 Å². The standard InChI is InChI=1S/C23H31ClO/c1-15(2)20-6-7-21-19-5-4-16-14-23(25,12-13-24)11-9-17(16)18(19)8-10-22(20,21)3/h4,17-21,25H,1,5-11,14H2,2-3H3/t17-,18+,19+,20+,21-,22+,23-/m0/s1. The number of hydrogen-bond acceptors (Lipinski definition) is 1. The molecule has 7 atom stereocenters. The Morgan fingerprint density at radius 1 is 1.24 bits per heavy atom. The maximum Gasteiger partial charge on any atom is 0.130 e. The zero-order valence-corrected chi connectivity index (χ0v) is 16.4. The Bertz CT molecular complexity index is 667. The lowest BCUT2D eigenvalue weighted by molar-refractivity contribution is -0.0199. The first-order valence-corrected chi connectivity index (χ1v) is 10.5. The van der Waals surface area contributed by atoms with Crippen molar-refractivity contribution in [2.24, 2.45) is 35.0 Å². The van der Waals surface area contributed by atoms with E-state index in [0.717, 1.165) is 36.5 Å². The largest absolute Gasteiger partial charge is 0.377 e. The molecule has 1 N–H and O–H groups in total. The summed E-state index contributed by atoms with van der Waals surface area (Å²) in [5, 5.41) is 13.1. The fraction of sp³-hybridized carbons (Fsp3) is 0.739. The van der Waals surface area contributed by atoms with Crippen LogP contribution in [-0.2, 0) is 0 Å². The number of halogens is 1. The van der Waals surface area contributed by atoms with Crippen LogP contribution in [0.2, 0.25) is 0 Å². The van der Waals surface area contributed by atoms with E-state index in [4.69, 9.17) is 11.6 Å². The van der Waals surface area contributed by atoms with Crippen LogP contribution in [0.5, 0.6) is 0 Å². The van der Waals surface area contributed by atoms with Gasteiger partial charge in [-0.1, -0.05) is 36.6 Å². The van der Waals surface area contributed by atoms with Crippen LogP contribution in [0.1, 0.15) is 65.2 Å². The molecular formula is C23H31ClO. The Morgan fingerprint density at radius 2 is 2.04 bits per heavy atom. The minimum atomic E-state index is -0.890. The van der Waals surface area contributed by atoms with Gasteiger partial charge in [-0.3, -0.25) is 0 Å². The van der Waals surface area contributed by atoms with Crippen LogP contribution in [0.15, 0.2) is 23.8 Å². The van der Waals surface area contributed by atoms with Gasteiger partial charge in [-0.25, -0.2) is 0 Å². The molecule has 0 heterocycles. The highest BCUT2D eigenvalue weighted by Gasteiger charge is 2.56. The Balaban J connectivity index is 1.59. The first-order chi connectivity index (χ1) is 11.9. The second kappa shape index (κ2) is 6.17. The summed E-state index contributed by atoms with van der Waals surface area (Å²) in [5.74, 6) is 6.75. The number of rotatable bonds is 1. The lowest BCUT2D eigenvalue weighted by Crippen LogP contribution is -2.47. The summed E-state index contributed by atoms with van der Waals surface area (Å²) in [7, 11) is 0. The minimum absolute atomic E-state index is 0.470. The van der Waals surface area contributed by atoms with Crippen LogP contribution in [0, 0.1) is 46.3 Å². The first-order valence-electron chi connectivity index (χ1n) is 10.1. The predicted molar refractivity (Wildman–Crippen MR) is 104 cm³/mol. The van der Waals surface area contributed by atoms with Crippen LogP contribution >= 0.6 is 11.6 Å². The van der Waals surface area contributed by atoms with Gasteiger partial charge in [0.15, 0.2) is 0 Å².